The Labute approximate surface area is 110 Å². The summed E-state index contributed by atoms with van der Waals surface area (Å²) >= 11 is 1.95. The molecule has 0 bridgehead atoms. The molecule has 1 N–H and O–H groups in total. The molecule has 3 rings (SSSR count). The van der Waals surface area contributed by atoms with E-state index in [4.69, 9.17) is 4.52 Å². The highest BCUT2D eigenvalue weighted by molar-refractivity contribution is 7.99. The van der Waals surface area contributed by atoms with Gasteiger partial charge in [-0.15, -0.1) is 11.8 Å². The Balaban J connectivity index is 1.47. The average Bonchev–Trinajstić information content (AvgIpc) is 3.04. The third-order valence-electron chi connectivity index (χ3n) is 3.11. The average molecular weight is 261 g/mol. The zero-order chi connectivity index (χ0) is 12.2. The maximum Gasteiger partial charge on any atom is 0.227 e. The number of rotatable bonds is 5. The van der Waals surface area contributed by atoms with Crippen molar-refractivity contribution in [3.05, 3.63) is 42.0 Å². The molecule has 0 spiro atoms. The Morgan fingerprint density at radius 1 is 1.39 bits per heavy atom. The van der Waals surface area contributed by atoms with Crippen molar-refractivity contribution in [3.8, 4) is 0 Å². The maximum atomic E-state index is 4.96. The number of nitrogens with one attached hydrogen (secondary N) is 1. The van der Waals surface area contributed by atoms with E-state index in [2.05, 4.69) is 39.7 Å². The summed E-state index contributed by atoms with van der Waals surface area (Å²) in [5.41, 5.74) is 1.48. The normalized spacial score (nSPS) is 17.9. The molecule has 18 heavy (non-hydrogen) atoms. The SMILES string of the molecule is c1ccc2c(c1)SCC2CNCCc1ncno1. The fourth-order valence-electron chi connectivity index (χ4n) is 2.18. The number of nitrogens with zero attached hydrogens (tertiary/aromatic N) is 2. The van der Waals surface area contributed by atoms with Crippen LogP contribution in [0.25, 0.3) is 0 Å². The van der Waals surface area contributed by atoms with Gasteiger partial charge in [-0.2, -0.15) is 4.98 Å². The van der Waals surface area contributed by atoms with Crippen molar-refractivity contribution in [1.29, 1.82) is 0 Å². The highest BCUT2D eigenvalue weighted by Gasteiger charge is 2.21. The van der Waals surface area contributed by atoms with Crippen LogP contribution in [0.15, 0.2) is 40.0 Å². The van der Waals surface area contributed by atoms with Gasteiger partial charge < -0.3 is 9.84 Å². The van der Waals surface area contributed by atoms with Crippen molar-refractivity contribution in [2.24, 2.45) is 0 Å². The van der Waals surface area contributed by atoms with Crippen LogP contribution in [0, 0.1) is 0 Å². The minimum absolute atomic E-state index is 0.619. The van der Waals surface area contributed by atoms with Gasteiger partial charge in [-0.3, -0.25) is 0 Å². The fraction of sp³-hybridized carbons (Fsp3) is 0.385. The minimum Gasteiger partial charge on any atom is -0.340 e. The molecule has 2 heterocycles. The molecule has 1 aromatic heterocycles. The number of fused-ring (bicyclic) bond motifs is 1. The van der Waals surface area contributed by atoms with E-state index in [1.165, 1.54) is 22.5 Å². The molecule has 4 nitrogen and oxygen atoms in total. The summed E-state index contributed by atoms with van der Waals surface area (Å²) in [6, 6.07) is 8.67. The summed E-state index contributed by atoms with van der Waals surface area (Å²) in [7, 11) is 0. The lowest BCUT2D eigenvalue weighted by atomic mass is 10.0. The first kappa shape index (κ1) is 11.7. The number of thioether (sulfide) groups is 1. The molecule has 1 unspecified atom stereocenters. The van der Waals surface area contributed by atoms with Crippen LogP contribution in [-0.4, -0.2) is 29.0 Å². The van der Waals surface area contributed by atoms with Crippen molar-refractivity contribution in [2.75, 3.05) is 18.8 Å². The molecule has 0 saturated carbocycles. The lowest BCUT2D eigenvalue weighted by Crippen LogP contribution is -2.24. The number of aromatic nitrogens is 2. The van der Waals surface area contributed by atoms with Gasteiger partial charge >= 0.3 is 0 Å². The smallest absolute Gasteiger partial charge is 0.227 e. The predicted octanol–water partition coefficient (Wildman–Crippen LogP) is 2.09. The quantitative estimate of drug-likeness (QED) is 0.835. The molecule has 0 fully saturated rings. The second-order valence-electron chi connectivity index (χ2n) is 4.33. The van der Waals surface area contributed by atoms with Crippen LogP contribution < -0.4 is 5.32 Å². The Morgan fingerprint density at radius 3 is 3.22 bits per heavy atom. The van der Waals surface area contributed by atoms with Crippen molar-refractivity contribution in [3.63, 3.8) is 0 Å². The molecular formula is C13H15N3OS. The van der Waals surface area contributed by atoms with Gasteiger partial charge in [0.25, 0.3) is 0 Å². The number of benzene rings is 1. The Morgan fingerprint density at radius 2 is 2.33 bits per heavy atom. The minimum atomic E-state index is 0.619. The van der Waals surface area contributed by atoms with Gasteiger partial charge in [0.15, 0.2) is 6.33 Å². The molecule has 1 aliphatic heterocycles. The summed E-state index contributed by atoms with van der Waals surface area (Å²) in [6.45, 7) is 1.89. The van der Waals surface area contributed by atoms with E-state index in [1.54, 1.807) is 0 Å². The first-order valence-corrected chi connectivity index (χ1v) is 7.10. The van der Waals surface area contributed by atoms with Gasteiger partial charge in [0.2, 0.25) is 5.89 Å². The van der Waals surface area contributed by atoms with Gasteiger partial charge in [0.05, 0.1) is 0 Å². The van der Waals surface area contributed by atoms with E-state index >= 15 is 0 Å². The van der Waals surface area contributed by atoms with Crippen molar-refractivity contribution in [2.45, 2.75) is 17.2 Å². The van der Waals surface area contributed by atoms with Gasteiger partial charge in [0.1, 0.15) is 0 Å². The third kappa shape index (κ3) is 2.57. The van der Waals surface area contributed by atoms with Crippen LogP contribution in [0.4, 0.5) is 0 Å². The summed E-state index contributed by atoms with van der Waals surface area (Å²) in [6.07, 6.45) is 2.24. The molecule has 0 radical (unpaired) electrons. The molecule has 5 heteroatoms. The lowest BCUT2D eigenvalue weighted by Gasteiger charge is -2.11. The fourth-order valence-corrected chi connectivity index (χ4v) is 3.43. The monoisotopic (exact) mass is 261 g/mol. The third-order valence-corrected chi connectivity index (χ3v) is 4.36. The Bertz CT molecular complexity index is 501. The summed E-state index contributed by atoms with van der Waals surface area (Å²) in [5, 5.41) is 7.06. The molecule has 1 atom stereocenters. The van der Waals surface area contributed by atoms with Gasteiger partial charge in [-0.1, -0.05) is 23.4 Å². The molecular weight excluding hydrogens is 246 g/mol. The second kappa shape index (κ2) is 5.54. The summed E-state index contributed by atoms with van der Waals surface area (Å²) < 4.78 is 4.96. The number of hydrogen-bond acceptors (Lipinski definition) is 5. The van der Waals surface area contributed by atoms with E-state index in [-0.39, 0.29) is 0 Å². The van der Waals surface area contributed by atoms with E-state index in [1.807, 2.05) is 11.8 Å². The van der Waals surface area contributed by atoms with Crippen LogP contribution in [0.1, 0.15) is 17.4 Å². The Kier molecular flexibility index (Phi) is 3.61. The second-order valence-corrected chi connectivity index (χ2v) is 5.40. The van der Waals surface area contributed by atoms with Crippen molar-refractivity contribution >= 4 is 11.8 Å². The largest absolute Gasteiger partial charge is 0.340 e. The number of hydrogen-bond donors (Lipinski definition) is 1. The van der Waals surface area contributed by atoms with Crippen molar-refractivity contribution in [1.82, 2.24) is 15.5 Å². The summed E-state index contributed by atoms with van der Waals surface area (Å²) in [4.78, 5) is 5.43. The van der Waals surface area contributed by atoms with Gasteiger partial charge in [0, 0.05) is 36.1 Å². The standard InChI is InChI=1S/C13H15N3OS/c1-2-4-12-11(3-1)10(8-18-12)7-14-6-5-13-15-9-16-17-13/h1-4,9-10,14H,5-8H2. The Hall–Kier alpha value is -1.33. The summed E-state index contributed by atoms with van der Waals surface area (Å²) in [5.74, 6) is 2.49. The van der Waals surface area contributed by atoms with E-state index < -0.39 is 0 Å². The molecule has 0 saturated heterocycles. The van der Waals surface area contributed by atoms with Gasteiger partial charge in [-0.25, -0.2) is 0 Å². The van der Waals surface area contributed by atoms with E-state index in [9.17, 15) is 0 Å². The van der Waals surface area contributed by atoms with E-state index in [0.717, 1.165) is 19.5 Å². The zero-order valence-corrected chi connectivity index (χ0v) is 10.8. The van der Waals surface area contributed by atoms with Crippen molar-refractivity contribution < 1.29 is 4.52 Å². The van der Waals surface area contributed by atoms with E-state index in [0.29, 0.717) is 11.8 Å². The van der Waals surface area contributed by atoms with Crippen LogP contribution in [0.2, 0.25) is 0 Å². The van der Waals surface area contributed by atoms with Gasteiger partial charge in [-0.05, 0) is 11.6 Å². The predicted molar refractivity (Wildman–Crippen MR) is 70.8 cm³/mol. The topological polar surface area (TPSA) is 51.0 Å². The molecule has 2 aromatic rings. The maximum absolute atomic E-state index is 4.96. The van der Waals surface area contributed by atoms with Crippen LogP contribution in [-0.2, 0) is 6.42 Å². The molecule has 0 amide bonds. The van der Waals surface area contributed by atoms with Crippen LogP contribution in [0.3, 0.4) is 0 Å². The van der Waals surface area contributed by atoms with Crippen LogP contribution >= 0.6 is 11.8 Å². The zero-order valence-electron chi connectivity index (χ0n) is 10.0. The molecule has 94 valence electrons. The highest BCUT2D eigenvalue weighted by Crippen LogP contribution is 2.38. The van der Waals surface area contributed by atoms with Crippen LogP contribution in [0.5, 0.6) is 0 Å². The highest BCUT2D eigenvalue weighted by atomic mass is 32.2. The first-order chi connectivity index (χ1) is 8.93. The molecule has 0 aliphatic carbocycles. The first-order valence-electron chi connectivity index (χ1n) is 6.11. The lowest BCUT2D eigenvalue weighted by molar-refractivity contribution is 0.374. The molecule has 1 aliphatic rings. The molecule has 1 aromatic carbocycles.